The van der Waals surface area contributed by atoms with E-state index in [1.165, 1.54) is 76.8 Å². The SMILES string of the molecule is CC1(C)c2ccc(-c3ccc4oc5ccc(-c6c7ccccc7c(-c7cccc8c7oc7ccccc78)c7ccccc67)cc5c4c3)cc2-c2c1ccc1ccccc21. The number of hydrogen-bond donors (Lipinski definition) is 0. The molecular weight excluding hydrogens is 717 g/mol. The zero-order valence-electron chi connectivity index (χ0n) is 32.6. The molecule has 12 aromatic rings. The second kappa shape index (κ2) is 11.8. The maximum Gasteiger partial charge on any atom is 0.143 e. The predicted molar refractivity (Wildman–Crippen MR) is 247 cm³/mol. The van der Waals surface area contributed by atoms with Gasteiger partial charge in [0.1, 0.15) is 22.3 Å². The summed E-state index contributed by atoms with van der Waals surface area (Å²) in [6, 6.07) is 66.4. The van der Waals surface area contributed by atoms with Crippen molar-refractivity contribution in [2.24, 2.45) is 0 Å². The Balaban J connectivity index is 1.00. The van der Waals surface area contributed by atoms with Crippen LogP contribution in [0, 0.1) is 0 Å². The van der Waals surface area contributed by atoms with Gasteiger partial charge in [-0.1, -0.05) is 159 Å². The molecule has 0 bridgehead atoms. The molecule has 0 radical (unpaired) electrons. The first-order valence-electron chi connectivity index (χ1n) is 20.5. The van der Waals surface area contributed by atoms with Gasteiger partial charge in [-0.25, -0.2) is 0 Å². The maximum absolute atomic E-state index is 6.63. The number of fused-ring (bicyclic) bond motifs is 13. The molecule has 0 amide bonds. The van der Waals surface area contributed by atoms with Crippen molar-refractivity contribution in [2.75, 3.05) is 0 Å². The van der Waals surface area contributed by atoms with E-state index in [0.717, 1.165) is 55.0 Å². The lowest BCUT2D eigenvalue weighted by Crippen LogP contribution is -2.14. The Morgan fingerprint density at radius 3 is 1.61 bits per heavy atom. The molecule has 2 heteroatoms. The highest BCUT2D eigenvalue weighted by Gasteiger charge is 2.36. The second-order valence-electron chi connectivity index (χ2n) is 16.7. The van der Waals surface area contributed by atoms with Crippen LogP contribution in [-0.2, 0) is 5.41 Å². The van der Waals surface area contributed by atoms with Crippen molar-refractivity contribution in [2.45, 2.75) is 19.3 Å². The molecule has 1 aliphatic rings. The molecule has 2 aromatic heterocycles. The molecule has 0 unspecified atom stereocenters. The van der Waals surface area contributed by atoms with Crippen LogP contribution in [0.1, 0.15) is 25.0 Å². The molecule has 10 aromatic carbocycles. The minimum Gasteiger partial charge on any atom is -0.456 e. The lowest BCUT2D eigenvalue weighted by atomic mass is 9.82. The van der Waals surface area contributed by atoms with Crippen molar-refractivity contribution < 1.29 is 8.83 Å². The van der Waals surface area contributed by atoms with Crippen molar-refractivity contribution in [1.29, 1.82) is 0 Å². The highest BCUT2D eigenvalue weighted by molar-refractivity contribution is 6.25. The maximum atomic E-state index is 6.63. The van der Waals surface area contributed by atoms with Gasteiger partial charge in [0.15, 0.2) is 0 Å². The topological polar surface area (TPSA) is 26.3 Å². The summed E-state index contributed by atoms with van der Waals surface area (Å²) in [4.78, 5) is 0. The Bertz CT molecular complexity index is 3700. The zero-order valence-corrected chi connectivity index (χ0v) is 32.6. The molecule has 13 rings (SSSR count). The van der Waals surface area contributed by atoms with E-state index in [2.05, 4.69) is 190 Å². The molecule has 0 aliphatic heterocycles. The summed E-state index contributed by atoms with van der Waals surface area (Å²) in [6.45, 7) is 4.71. The van der Waals surface area contributed by atoms with E-state index >= 15 is 0 Å². The van der Waals surface area contributed by atoms with Gasteiger partial charge in [-0.2, -0.15) is 0 Å². The molecule has 0 spiro atoms. The summed E-state index contributed by atoms with van der Waals surface area (Å²) in [5, 5.41) is 11.9. The molecule has 59 heavy (non-hydrogen) atoms. The fourth-order valence-corrected chi connectivity index (χ4v) is 10.5. The van der Waals surface area contributed by atoms with Crippen molar-refractivity contribution in [1.82, 2.24) is 0 Å². The molecule has 0 saturated carbocycles. The minimum absolute atomic E-state index is 0.0678. The first-order chi connectivity index (χ1) is 29.0. The quantitative estimate of drug-likeness (QED) is 0.168. The van der Waals surface area contributed by atoms with Gasteiger partial charge in [0.05, 0.1) is 0 Å². The average Bonchev–Trinajstić information content (AvgIpc) is 3.92. The average molecular weight is 753 g/mol. The third-order valence-corrected chi connectivity index (χ3v) is 13.3. The Kier molecular flexibility index (Phi) is 6.54. The van der Waals surface area contributed by atoms with Gasteiger partial charge in [-0.15, -0.1) is 0 Å². The largest absolute Gasteiger partial charge is 0.456 e. The number of rotatable bonds is 3. The van der Waals surface area contributed by atoms with Crippen LogP contribution in [0.3, 0.4) is 0 Å². The lowest BCUT2D eigenvalue weighted by Gasteiger charge is -2.21. The zero-order chi connectivity index (χ0) is 39.0. The van der Waals surface area contributed by atoms with E-state index in [0.29, 0.717) is 0 Å². The molecule has 0 atom stereocenters. The third-order valence-electron chi connectivity index (χ3n) is 13.3. The summed E-state index contributed by atoms with van der Waals surface area (Å²) in [5.74, 6) is 0. The van der Waals surface area contributed by atoms with Crippen molar-refractivity contribution in [3.63, 3.8) is 0 Å². The molecule has 2 nitrogen and oxygen atoms in total. The van der Waals surface area contributed by atoms with E-state index < -0.39 is 0 Å². The van der Waals surface area contributed by atoms with Gasteiger partial charge in [0.25, 0.3) is 0 Å². The monoisotopic (exact) mass is 752 g/mol. The summed E-state index contributed by atoms with van der Waals surface area (Å²) in [5.41, 5.74) is 16.1. The van der Waals surface area contributed by atoms with Gasteiger partial charge >= 0.3 is 0 Å². The van der Waals surface area contributed by atoms with Crippen LogP contribution >= 0.6 is 0 Å². The van der Waals surface area contributed by atoms with Crippen molar-refractivity contribution in [3.8, 4) is 44.5 Å². The number of para-hydroxylation sites is 2. The molecule has 0 saturated heterocycles. The lowest BCUT2D eigenvalue weighted by molar-refractivity contribution is 0.661. The summed E-state index contributed by atoms with van der Waals surface area (Å²) >= 11 is 0. The normalized spacial score (nSPS) is 13.4. The van der Waals surface area contributed by atoms with Crippen LogP contribution in [0.2, 0.25) is 0 Å². The fraction of sp³-hybridized carbons (Fsp3) is 0.0526. The van der Waals surface area contributed by atoms with Gasteiger partial charge in [0.2, 0.25) is 0 Å². The third kappa shape index (κ3) is 4.52. The van der Waals surface area contributed by atoms with Crippen LogP contribution in [0.25, 0.3) is 121 Å². The predicted octanol–water partition coefficient (Wildman–Crippen LogP) is 16.3. The number of benzene rings is 10. The number of furan rings is 2. The Morgan fingerprint density at radius 2 is 0.864 bits per heavy atom. The van der Waals surface area contributed by atoms with Gasteiger partial charge in [-0.05, 0) is 113 Å². The molecule has 0 N–H and O–H groups in total. The Hall–Kier alpha value is -7.42. The van der Waals surface area contributed by atoms with E-state index in [1.807, 2.05) is 6.07 Å². The first-order valence-corrected chi connectivity index (χ1v) is 20.5. The second-order valence-corrected chi connectivity index (χ2v) is 16.7. The van der Waals surface area contributed by atoms with Gasteiger partial charge in [-0.3, -0.25) is 0 Å². The van der Waals surface area contributed by atoms with Crippen LogP contribution < -0.4 is 0 Å². The molecule has 2 heterocycles. The van der Waals surface area contributed by atoms with E-state index in [4.69, 9.17) is 8.83 Å². The number of hydrogen-bond acceptors (Lipinski definition) is 2. The Labute approximate surface area is 340 Å². The van der Waals surface area contributed by atoms with E-state index in [9.17, 15) is 0 Å². The van der Waals surface area contributed by atoms with Crippen LogP contribution in [0.4, 0.5) is 0 Å². The van der Waals surface area contributed by atoms with Crippen LogP contribution in [0.15, 0.2) is 191 Å². The van der Waals surface area contributed by atoms with E-state index in [1.54, 1.807) is 0 Å². The molecule has 276 valence electrons. The minimum atomic E-state index is -0.0678. The highest BCUT2D eigenvalue weighted by atomic mass is 16.3. The Morgan fingerprint density at radius 1 is 0.322 bits per heavy atom. The molecule has 0 fully saturated rings. The van der Waals surface area contributed by atoms with Gasteiger partial charge < -0.3 is 8.83 Å². The standard InChI is InChI=1S/C57H36O2/c1-57(2)48-26-23-34(31-47(48)55-37-13-4-3-12-33(37)22-27-49(55)57)35-24-28-51-45(30-35)46-32-36(25-29-52(46)58-51)53-39-15-5-7-17-41(39)54(42-18-8-6-16-40(42)53)44-20-11-19-43-38-14-9-10-21-50(38)59-56(43)44/h3-32H,1-2H3. The van der Waals surface area contributed by atoms with Gasteiger partial charge in [0, 0.05) is 38.1 Å². The fourth-order valence-electron chi connectivity index (χ4n) is 10.5. The van der Waals surface area contributed by atoms with E-state index in [-0.39, 0.29) is 5.41 Å². The molecule has 1 aliphatic carbocycles. The summed E-state index contributed by atoms with van der Waals surface area (Å²) in [7, 11) is 0. The first kappa shape index (κ1) is 32.6. The molecular formula is C57H36O2. The van der Waals surface area contributed by atoms with Crippen molar-refractivity contribution >= 4 is 76.2 Å². The van der Waals surface area contributed by atoms with Crippen LogP contribution in [-0.4, -0.2) is 0 Å². The summed E-state index contributed by atoms with van der Waals surface area (Å²) < 4.78 is 13.2. The highest BCUT2D eigenvalue weighted by Crippen LogP contribution is 2.53. The van der Waals surface area contributed by atoms with Crippen LogP contribution in [0.5, 0.6) is 0 Å². The smallest absolute Gasteiger partial charge is 0.143 e. The summed E-state index contributed by atoms with van der Waals surface area (Å²) in [6.07, 6.45) is 0. The van der Waals surface area contributed by atoms with Crippen molar-refractivity contribution in [3.05, 3.63) is 193 Å².